The van der Waals surface area contributed by atoms with Crippen LogP contribution in [0.25, 0.3) is 0 Å². The van der Waals surface area contributed by atoms with Crippen LogP contribution in [0.5, 0.6) is 5.75 Å². The lowest BCUT2D eigenvalue weighted by atomic mass is 10.2. The van der Waals surface area contributed by atoms with Crippen LogP contribution in [0.3, 0.4) is 0 Å². The largest absolute Gasteiger partial charge is 0.489 e. The molecule has 0 aliphatic rings. The second kappa shape index (κ2) is 6.58. The molecule has 0 aliphatic carbocycles. The molecular formula is C14H17NO4. The molecule has 102 valence electrons. The van der Waals surface area contributed by atoms with Gasteiger partial charge in [-0.1, -0.05) is 12.1 Å². The average Bonchev–Trinajstić information content (AvgIpc) is 2.30. The second-order valence-electron chi connectivity index (χ2n) is 4.28. The van der Waals surface area contributed by atoms with E-state index in [2.05, 4.69) is 5.32 Å². The van der Waals surface area contributed by atoms with E-state index in [1.165, 1.54) is 6.92 Å². The molecule has 0 atom stereocenters. The van der Waals surface area contributed by atoms with Crippen LogP contribution in [0.4, 0.5) is 5.69 Å². The zero-order valence-electron chi connectivity index (χ0n) is 11.1. The van der Waals surface area contributed by atoms with Crippen LogP contribution in [0, 0.1) is 0 Å². The fraction of sp³-hybridized carbons (Fsp3) is 0.286. The number of para-hydroxylation sites is 2. The van der Waals surface area contributed by atoms with Crippen LogP contribution < -0.4 is 10.1 Å². The Bertz CT molecular complexity index is 506. The number of carboxylic acid groups (broad SMARTS) is 1. The van der Waals surface area contributed by atoms with Crippen LogP contribution in [0.2, 0.25) is 0 Å². The van der Waals surface area contributed by atoms with Crippen molar-refractivity contribution in [3.8, 4) is 5.75 Å². The van der Waals surface area contributed by atoms with E-state index in [1.54, 1.807) is 24.3 Å². The lowest BCUT2D eigenvalue weighted by Gasteiger charge is -2.14. The molecule has 5 nitrogen and oxygen atoms in total. The third-order valence-corrected chi connectivity index (χ3v) is 2.20. The van der Waals surface area contributed by atoms with Gasteiger partial charge < -0.3 is 15.2 Å². The Morgan fingerprint density at radius 1 is 1.32 bits per heavy atom. The number of hydrogen-bond acceptors (Lipinski definition) is 3. The molecule has 5 heteroatoms. The Balaban J connectivity index is 2.88. The van der Waals surface area contributed by atoms with Gasteiger partial charge in [-0.2, -0.15) is 0 Å². The third-order valence-electron chi connectivity index (χ3n) is 2.20. The molecule has 0 fully saturated rings. The van der Waals surface area contributed by atoms with Gasteiger partial charge in [-0.15, -0.1) is 0 Å². The maximum Gasteiger partial charge on any atom is 0.328 e. The summed E-state index contributed by atoms with van der Waals surface area (Å²) in [6.45, 7) is 5.21. The molecule has 0 bridgehead atoms. The molecule has 0 aliphatic heterocycles. The Hall–Kier alpha value is -2.30. The van der Waals surface area contributed by atoms with E-state index in [-0.39, 0.29) is 11.7 Å². The highest BCUT2D eigenvalue weighted by atomic mass is 16.5. The fourth-order valence-electron chi connectivity index (χ4n) is 1.40. The topological polar surface area (TPSA) is 75.6 Å². The van der Waals surface area contributed by atoms with E-state index in [4.69, 9.17) is 9.84 Å². The maximum absolute atomic E-state index is 11.8. The normalized spacial score (nSPS) is 11.3. The van der Waals surface area contributed by atoms with Gasteiger partial charge in [-0.25, -0.2) is 4.79 Å². The molecule has 0 saturated heterocycles. The lowest BCUT2D eigenvalue weighted by Crippen LogP contribution is -2.15. The van der Waals surface area contributed by atoms with Crippen molar-refractivity contribution in [1.29, 1.82) is 0 Å². The standard InChI is InChI=1S/C14H17NO4/c1-9(2)19-12-7-5-4-6-11(12)15-14(18)10(3)8-13(16)17/h4-9H,1-3H3,(H,15,18)(H,16,17)/b10-8+. The van der Waals surface area contributed by atoms with Gasteiger partial charge in [0.05, 0.1) is 11.8 Å². The van der Waals surface area contributed by atoms with E-state index in [9.17, 15) is 9.59 Å². The predicted molar refractivity (Wildman–Crippen MR) is 72.2 cm³/mol. The molecule has 0 aromatic heterocycles. The smallest absolute Gasteiger partial charge is 0.328 e. The first kappa shape index (κ1) is 14.8. The van der Waals surface area contributed by atoms with Crippen molar-refractivity contribution in [3.05, 3.63) is 35.9 Å². The van der Waals surface area contributed by atoms with Gasteiger partial charge in [-0.05, 0) is 32.9 Å². The zero-order valence-corrected chi connectivity index (χ0v) is 11.1. The van der Waals surface area contributed by atoms with E-state index in [0.29, 0.717) is 11.4 Å². The van der Waals surface area contributed by atoms with Crippen molar-refractivity contribution in [2.24, 2.45) is 0 Å². The van der Waals surface area contributed by atoms with Crippen molar-refractivity contribution >= 4 is 17.6 Å². The number of carboxylic acids is 1. The minimum atomic E-state index is -1.15. The van der Waals surface area contributed by atoms with E-state index >= 15 is 0 Å². The summed E-state index contributed by atoms with van der Waals surface area (Å²) in [6, 6.07) is 7.00. The molecule has 0 unspecified atom stereocenters. The SMILES string of the molecule is C/C(=C\C(=O)O)C(=O)Nc1ccccc1OC(C)C. The molecule has 2 N–H and O–H groups in total. The Kier molecular flexibility index (Phi) is 5.11. The van der Waals surface area contributed by atoms with Gasteiger partial charge in [0, 0.05) is 11.6 Å². The summed E-state index contributed by atoms with van der Waals surface area (Å²) < 4.78 is 5.56. The molecule has 0 radical (unpaired) electrons. The summed E-state index contributed by atoms with van der Waals surface area (Å²) in [6.07, 6.45) is 0.843. The van der Waals surface area contributed by atoms with E-state index in [1.807, 2.05) is 13.8 Å². The van der Waals surface area contributed by atoms with Crippen LogP contribution in [-0.2, 0) is 9.59 Å². The lowest BCUT2D eigenvalue weighted by molar-refractivity contribution is -0.131. The van der Waals surface area contributed by atoms with Crippen molar-refractivity contribution in [1.82, 2.24) is 0 Å². The zero-order chi connectivity index (χ0) is 14.4. The Labute approximate surface area is 111 Å². The number of ether oxygens (including phenoxy) is 1. The number of carbonyl (C=O) groups is 2. The van der Waals surface area contributed by atoms with Crippen molar-refractivity contribution in [2.75, 3.05) is 5.32 Å². The van der Waals surface area contributed by atoms with Gasteiger partial charge in [0.1, 0.15) is 5.75 Å². The molecule has 0 saturated carbocycles. The van der Waals surface area contributed by atoms with Crippen LogP contribution in [0.15, 0.2) is 35.9 Å². The van der Waals surface area contributed by atoms with Crippen LogP contribution in [0.1, 0.15) is 20.8 Å². The van der Waals surface area contributed by atoms with Crippen LogP contribution >= 0.6 is 0 Å². The molecule has 1 rings (SSSR count). The average molecular weight is 263 g/mol. The monoisotopic (exact) mass is 263 g/mol. The highest BCUT2D eigenvalue weighted by Gasteiger charge is 2.10. The van der Waals surface area contributed by atoms with E-state index < -0.39 is 11.9 Å². The van der Waals surface area contributed by atoms with Crippen LogP contribution in [-0.4, -0.2) is 23.1 Å². The molecule has 0 heterocycles. The molecule has 0 spiro atoms. The first-order valence-electron chi connectivity index (χ1n) is 5.88. The van der Waals surface area contributed by atoms with Gasteiger partial charge in [0.2, 0.25) is 0 Å². The number of nitrogens with one attached hydrogen (secondary N) is 1. The molecule has 1 aromatic carbocycles. The van der Waals surface area contributed by atoms with Gasteiger partial charge in [0.15, 0.2) is 0 Å². The number of anilines is 1. The Morgan fingerprint density at radius 2 is 1.95 bits per heavy atom. The second-order valence-corrected chi connectivity index (χ2v) is 4.28. The Morgan fingerprint density at radius 3 is 2.53 bits per heavy atom. The first-order valence-corrected chi connectivity index (χ1v) is 5.88. The molecule has 1 amide bonds. The van der Waals surface area contributed by atoms with Crippen molar-refractivity contribution in [2.45, 2.75) is 26.9 Å². The molecule has 1 aromatic rings. The summed E-state index contributed by atoms with van der Waals surface area (Å²) in [4.78, 5) is 22.3. The van der Waals surface area contributed by atoms with E-state index in [0.717, 1.165) is 6.08 Å². The third kappa shape index (κ3) is 4.83. The number of amides is 1. The van der Waals surface area contributed by atoms with Gasteiger partial charge in [-0.3, -0.25) is 4.79 Å². The summed E-state index contributed by atoms with van der Waals surface area (Å²) in [7, 11) is 0. The van der Waals surface area contributed by atoms with Gasteiger partial charge >= 0.3 is 5.97 Å². The maximum atomic E-state index is 11.8. The minimum Gasteiger partial charge on any atom is -0.489 e. The summed E-state index contributed by atoms with van der Waals surface area (Å²) in [5.74, 6) is -1.07. The predicted octanol–water partition coefficient (Wildman–Crippen LogP) is 2.44. The number of hydrogen-bond donors (Lipinski definition) is 2. The van der Waals surface area contributed by atoms with Crippen molar-refractivity contribution < 1.29 is 19.4 Å². The summed E-state index contributed by atoms with van der Waals surface area (Å²) in [5.41, 5.74) is 0.631. The molecular weight excluding hydrogens is 246 g/mol. The van der Waals surface area contributed by atoms with Crippen molar-refractivity contribution in [3.63, 3.8) is 0 Å². The number of benzene rings is 1. The quantitative estimate of drug-likeness (QED) is 0.800. The number of aliphatic carboxylic acids is 1. The highest BCUT2D eigenvalue weighted by Crippen LogP contribution is 2.25. The molecule has 19 heavy (non-hydrogen) atoms. The number of carbonyl (C=O) groups excluding carboxylic acids is 1. The summed E-state index contributed by atoms with van der Waals surface area (Å²) >= 11 is 0. The van der Waals surface area contributed by atoms with Gasteiger partial charge in [0.25, 0.3) is 5.91 Å². The fourth-order valence-corrected chi connectivity index (χ4v) is 1.40. The number of rotatable bonds is 5. The first-order chi connectivity index (χ1) is 8.90. The minimum absolute atomic E-state index is 0.0197. The summed E-state index contributed by atoms with van der Waals surface area (Å²) in [5, 5.41) is 11.2. The highest BCUT2D eigenvalue weighted by molar-refractivity contribution is 6.06.